The van der Waals surface area contributed by atoms with Gasteiger partial charge in [0.2, 0.25) is 20.0 Å². The van der Waals surface area contributed by atoms with Gasteiger partial charge in [-0.05, 0) is 130 Å². The van der Waals surface area contributed by atoms with E-state index in [1.54, 1.807) is 45.0 Å². The number of halogens is 1. The summed E-state index contributed by atoms with van der Waals surface area (Å²) >= 11 is 0. The number of carbonyl (C=O) groups excluding carboxylic acids is 1. The number of nitrogens with zero attached hydrogens (tertiary/aromatic N) is 3. The van der Waals surface area contributed by atoms with E-state index in [0.29, 0.717) is 48.8 Å². The minimum Gasteiger partial charge on any atom is -0.456 e. The van der Waals surface area contributed by atoms with Gasteiger partial charge in [-0.2, -0.15) is 8.61 Å². The quantitative estimate of drug-likeness (QED) is 0.160. The summed E-state index contributed by atoms with van der Waals surface area (Å²) in [5, 5.41) is 22.2. The van der Waals surface area contributed by atoms with Gasteiger partial charge in [0.1, 0.15) is 38.4 Å². The number of aryl methyl sites for hydroxylation is 4. The van der Waals surface area contributed by atoms with Crippen LogP contribution < -0.4 is 14.8 Å². The van der Waals surface area contributed by atoms with Crippen molar-refractivity contribution in [1.82, 2.24) is 18.8 Å². The summed E-state index contributed by atoms with van der Waals surface area (Å²) in [5.74, 6) is 1.59. The molecule has 2 aliphatic heterocycles. The maximum Gasteiger partial charge on any atom is 0.410 e. The minimum absolute atomic E-state index is 0. The second kappa shape index (κ2) is 20.5. The third-order valence-electron chi connectivity index (χ3n) is 9.43. The number of sulfonamides is 2. The third-order valence-corrected chi connectivity index (χ3v) is 13.3. The number of nitrogens with one attached hydrogen (secondary N) is 1. The SMILES string of the molecule is Cc1cc(C)cc(Oc2ccc(CO)cc2S(=O)(=O)N2CCN(C(=O)OC(C)(C)C)CC2)c1.Cc1cc(C)cc(Oc2ccc(CO)cc2S(=O)(=O)N2CCNCC2)c1.Cl. The molecular formula is C43H57ClN4O10S2. The van der Waals surface area contributed by atoms with Gasteiger partial charge >= 0.3 is 6.09 Å². The predicted molar refractivity (Wildman–Crippen MR) is 232 cm³/mol. The molecule has 0 unspecified atom stereocenters. The molecule has 0 bridgehead atoms. The number of piperazine rings is 2. The first kappa shape index (κ1) is 48.4. The average molecular weight is 890 g/mol. The van der Waals surface area contributed by atoms with E-state index in [4.69, 9.17) is 14.2 Å². The molecule has 14 nitrogen and oxygen atoms in total. The Morgan fingerprint density at radius 2 is 1.00 bits per heavy atom. The highest BCUT2D eigenvalue weighted by Crippen LogP contribution is 2.35. The standard InChI is InChI=1S/C24H32N2O6S.C19H24N2O4S.ClH/c1-17-12-18(2)14-20(13-17)31-21-7-6-19(16-27)15-22(21)33(29,30)26-10-8-25(9-11-26)23(28)32-24(3,4)5;1-14-9-15(2)11-17(10-14)25-18-4-3-16(13-22)12-19(18)26(23,24)21-7-5-20-6-8-21;/h6-7,12-15,27H,8-11,16H2,1-5H3;3-4,9-12,20,22H,5-8,13H2,1-2H3;1H. The van der Waals surface area contributed by atoms with Gasteiger partial charge in [0.15, 0.2) is 0 Å². The van der Waals surface area contributed by atoms with Crippen LogP contribution in [0.1, 0.15) is 54.2 Å². The summed E-state index contributed by atoms with van der Waals surface area (Å²) in [6, 6.07) is 20.9. The molecule has 0 spiro atoms. The van der Waals surface area contributed by atoms with Crippen molar-refractivity contribution >= 4 is 38.5 Å². The van der Waals surface area contributed by atoms with E-state index < -0.39 is 31.7 Å². The number of benzene rings is 4. The van der Waals surface area contributed by atoms with E-state index in [2.05, 4.69) is 5.32 Å². The summed E-state index contributed by atoms with van der Waals surface area (Å²) in [6.45, 7) is 15.4. The minimum atomic E-state index is -3.93. The zero-order chi connectivity index (χ0) is 43.1. The molecule has 2 fully saturated rings. The molecule has 0 saturated carbocycles. The van der Waals surface area contributed by atoms with Crippen molar-refractivity contribution in [2.24, 2.45) is 0 Å². The van der Waals surface area contributed by atoms with Crippen LogP contribution in [0.2, 0.25) is 0 Å². The molecule has 2 aliphatic rings. The van der Waals surface area contributed by atoms with Crippen LogP contribution in [0, 0.1) is 27.7 Å². The Hall–Kier alpha value is -4.26. The monoisotopic (exact) mass is 888 g/mol. The van der Waals surface area contributed by atoms with Crippen molar-refractivity contribution in [2.75, 3.05) is 52.4 Å². The fourth-order valence-electron chi connectivity index (χ4n) is 6.71. The number of hydrogen-bond acceptors (Lipinski definition) is 11. The molecular weight excluding hydrogens is 832 g/mol. The van der Waals surface area contributed by atoms with Gasteiger partial charge in [-0.1, -0.05) is 24.3 Å². The molecule has 0 aliphatic carbocycles. The summed E-state index contributed by atoms with van der Waals surface area (Å²) in [4.78, 5) is 13.9. The third kappa shape index (κ3) is 12.6. The average Bonchev–Trinajstić information content (AvgIpc) is 3.17. The van der Waals surface area contributed by atoms with Crippen molar-refractivity contribution < 1.29 is 46.1 Å². The van der Waals surface area contributed by atoms with E-state index >= 15 is 0 Å². The van der Waals surface area contributed by atoms with Gasteiger partial charge in [-0.15, -0.1) is 12.4 Å². The molecule has 0 radical (unpaired) electrons. The van der Waals surface area contributed by atoms with Crippen LogP contribution >= 0.6 is 12.4 Å². The van der Waals surface area contributed by atoms with Gasteiger partial charge in [0, 0.05) is 52.4 Å². The van der Waals surface area contributed by atoms with Crippen LogP contribution in [0.25, 0.3) is 0 Å². The zero-order valence-corrected chi connectivity index (χ0v) is 37.7. The van der Waals surface area contributed by atoms with Crippen LogP contribution in [-0.4, -0.2) is 105 Å². The molecule has 6 rings (SSSR count). The van der Waals surface area contributed by atoms with Gasteiger partial charge in [-0.3, -0.25) is 0 Å². The molecule has 0 atom stereocenters. The van der Waals surface area contributed by atoms with Gasteiger partial charge in [-0.25, -0.2) is 21.6 Å². The lowest BCUT2D eigenvalue weighted by atomic mass is 10.1. The lowest BCUT2D eigenvalue weighted by molar-refractivity contribution is 0.0192. The van der Waals surface area contributed by atoms with Crippen molar-refractivity contribution in [3.05, 3.63) is 106 Å². The fourth-order valence-corrected chi connectivity index (χ4v) is 9.90. The number of carbonyl (C=O) groups is 1. The normalized spacial score (nSPS) is 15.3. The van der Waals surface area contributed by atoms with E-state index in [1.165, 1.54) is 25.6 Å². The smallest absolute Gasteiger partial charge is 0.410 e. The molecule has 328 valence electrons. The first-order valence-corrected chi connectivity index (χ1v) is 22.4. The van der Waals surface area contributed by atoms with Crippen molar-refractivity contribution in [3.8, 4) is 23.0 Å². The van der Waals surface area contributed by atoms with E-state index in [-0.39, 0.29) is 73.1 Å². The Balaban J connectivity index is 0.000000267. The largest absolute Gasteiger partial charge is 0.456 e. The predicted octanol–water partition coefficient (Wildman–Crippen LogP) is 6.43. The summed E-state index contributed by atoms with van der Waals surface area (Å²) in [6.07, 6.45) is -0.458. The number of aliphatic hydroxyl groups excluding tert-OH is 2. The van der Waals surface area contributed by atoms with Crippen LogP contribution in [0.4, 0.5) is 4.79 Å². The molecule has 4 aromatic rings. The van der Waals surface area contributed by atoms with Crippen LogP contribution in [-0.2, 0) is 38.0 Å². The Kier molecular flexibility index (Phi) is 16.6. The molecule has 1 amide bonds. The summed E-state index contributed by atoms with van der Waals surface area (Å²) in [5.41, 5.74) is 4.46. The van der Waals surface area contributed by atoms with Gasteiger partial charge < -0.3 is 34.6 Å². The van der Waals surface area contributed by atoms with Crippen molar-refractivity contribution in [3.63, 3.8) is 0 Å². The molecule has 17 heteroatoms. The Bertz CT molecular complexity index is 2300. The van der Waals surface area contributed by atoms with Crippen molar-refractivity contribution in [2.45, 2.75) is 77.1 Å². The molecule has 60 heavy (non-hydrogen) atoms. The van der Waals surface area contributed by atoms with Crippen LogP contribution in [0.3, 0.4) is 0 Å². The maximum atomic E-state index is 13.5. The first-order valence-electron chi connectivity index (χ1n) is 19.5. The molecule has 2 heterocycles. The van der Waals surface area contributed by atoms with E-state index in [0.717, 1.165) is 22.3 Å². The Labute approximate surface area is 360 Å². The second-order valence-electron chi connectivity index (χ2n) is 15.8. The molecule has 4 aromatic carbocycles. The topological polar surface area (TPSA) is 175 Å². The van der Waals surface area contributed by atoms with Crippen LogP contribution in [0.15, 0.2) is 82.6 Å². The van der Waals surface area contributed by atoms with Gasteiger partial charge in [0.25, 0.3) is 0 Å². The van der Waals surface area contributed by atoms with E-state index in [1.807, 2.05) is 64.1 Å². The number of amides is 1. The zero-order valence-electron chi connectivity index (χ0n) is 35.2. The maximum absolute atomic E-state index is 13.5. The van der Waals surface area contributed by atoms with Crippen molar-refractivity contribution in [1.29, 1.82) is 0 Å². The highest BCUT2D eigenvalue weighted by molar-refractivity contribution is 7.89. The molecule has 2 saturated heterocycles. The second-order valence-corrected chi connectivity index (χ2v) is 19.6. The summed E-state index contributed by atoms with van der Waals surface area (Å²) in [7, 11) is -7.64. The number of hydrogen-bond donors (Lipinski definition) is 3. The number of aliphatic hydroxyl groups is 2. The van der Waals surface area contributed by atoms with E-state index in [9.17, 15) is 31.8 Å². The number of ether oxygens (including phenoxy) is 3. The Morgan fingerprint density at radius 1 is 0.617 bits per heavy atom. The lowest BCUT2D eigenvalue weighted by Crippen LogP contribution is -2.51. The lowest BCUT2D eigenvalue weighted by Gasteiger charge is -2.35. The summed E-state index contributed by atoms with van der Waals surface area (Å²) < 4.78 is 73.5. The highest BCUT2D eigenvalue weighted by Gasteiger charge is 2.34. The van der Waals surface area contributed by atoms with Crippen LogP contribution in [0.5, 0.6) is 23.0 Å². The molecule has 3 N–H and O–H groups in total. The van der Waals surface area contributed by atoms with Gasteiger partial charge in [0.05, 0.1) is 13.2 Å². The molecule has 0 aromatic heterocycles. The highest BCUT2D eigenvalue weighted by atomic mass is 35.5. The fraction of sp³-hybridized carbons (Fsp3) is 0.419. The number of rotatable bonds is 10. The Morgan fingerprint density at radius 3 is 1.37 bits per heavy atom. The first-order chi connectivity index (χ1) is 27.8.